The minimum Gasteiger partial charge on any atom is -0.493 e. The minimum absolute atomic E-state index is 0.159. The van der Waals surface area contributed by atoms with Crippen molar-refractivity contribution in [1.82, 2.24) is 0 Å². The van der Waals surface area contributed by atoms with Gasteiger partial charge in [0.1, 0.15) is 5.00 Å². The van der Waals surface area contributed by atoms with Crippen LogP contribution in [-0.2, 0) is 24.1 Å². The van der Waals surface area contributed by atoms with E-state index in [1.54, 1.807) is 26.4 Å². The molecule has 1 heterocycles. The first-order valence-electron chi connectivity index (χ1n) is 10.6. The van der Waals surface area contributed by atoms with Crippen molar-refractivity contribution in [3.63, 3.8) is 0 Å². The number of primary amides is 1. The van der Waals surface area contributed by atoms with Gasteiger partial charge in [0.15, 0.2) is 11.5 Å². The number of carbonyl (C=O) groups excluding carboxylic acids is 2. The molecule has 0 fully saturated rings. The molecule has 0 bridgehead atoms. The lowest BCUT2D eigenvalue weighted by atomic mass is 9.69. The second kappa shape index (κ2) is 9.30. The minimum atomic E-state index is -0.480. The van der Waals surface area contributed by atoms with Crippen molar-refractivity contribution in [2.24, 2.45) is 17.1 Å². The summed E-state index contributed by atoms with van der Waals surface area (Å²) in [4.78, 5) is 26.2. The molecule has 0 radical (unpaired) electrons. The van der Waals surface area contributed by atoms with Crippen LogP contribution in [0.5, 0.6) is 11.5 Å². The summed E-state index contributed by atoms with van der Waals surface area (Å²) >= 11 is 1.50. The lowest BCUT2D eigenvalue weighted by Gasteiger charge is -2.36. The molecule has 0 saturated carbocycles. The molecular formula is C24H32N2O4S. The molecule has 1 aromatic carbocycles. The molecule has 3 rings (SSSR count). The van der Waals surface area contributed by atoms with Crippen LogP contribution in [0.3, 0.4) is 0 Å². The zero-order chi connectivity index (χ0) is 22.8. The first-order chi connectivity index (χ1) is 14.7. The molecule has 6 nitrogen and oxygen atoms in total. The average Bonchev–Trinajstić information content (AvgIpc) is 3.10. The Hall–Kier alpha value is -2.54. The van der Waals surface area contributed by atoms with Gasteiger partial charge in [-0.3, -0.25) is 9.59 Å². The van der Waals surface area contributed by atoms with Crippen molar-refractivity contribution in [3.05, 3.63) is 39.8 Å². The number of amides is 2. The molecule has 7 heteroatoms. The van der Waals surface area contributed by atoms with E-state index in [0.29, 0.717) is 28.0 Å². The number of benzene rings is 1. The van der Waals surface area contributed by atoms with E-state index >= 15 is 0 Å². The van der Waals surface area contributed by atoms with Crippen molar-refractivity contribution >= 4 is 28.2 Å². The number of hydrogen-bond donors (Lipinski definition) is 2. The summed E-state index contributed by atoms with van der Waals surface area (Å²) in [6, 6.07) is 5.38. The maximum absolute atomic E-state index is 12.8. The van der Waals surface area contributed by atoms with Gasteiger partial charge in [0.25, 0.3) is 5.91 Å². The van der Waals surface area contributed by atoms with E-state index in [9.17, 15) is 9.59 Å². The maximum Gasteiger partial charge on any atom is 0.251 e. The Morgan fingerprint density at radius 1 is 1.23 bits per heavy atom. The molecule has 0 spiro atoms. The fraction of sp³-hybridized carbons (Fsp3) is 0.500. The summed E-state index contributed by atoms with van der Waals surface area (Å²) in [5, 5.41) is 3.51. The van der Waals surface area contributed by atoms with Gasteiger partial charge in [-0.15, -0.1) is 11.3 Å². The van der Waals surface area contributed by atoms with E-state index in [-0.39, 0.29) is 17.7 Å². The second-order valence-corrected chi connectivity index (χ2v) is 9.87. The molecule has 3 N–H and O–H groups in total. The van der Waals surface area contributed by atoms with Crippen LogP contribution in [0.2, 0.25) is 0 Å². The molecule has 0 saturated heterocycles. The predicted octanol–water partition coefficient (Wildman–Crippen LogP) is 4.59. The summed E-state index contributed by atoms with van der Waals surface area (Å²) < 4.78 is 10.6. The summed E-state index contributed by atoms with van der Waals surface area (Å²) in [6.45, 7) is 6.83. The summed E-state index contributed by atoms with van der Waals surface area (Å²) in [6.07, 6.45) is 4.04. The van der Waals surface area contributed by atoms with Crippen LogP contribution in [0.25, 0.3) is 0 Å². The van der Waals surface area contributed by atoms with Crippen molar-refractivity contribution in [3.8, 4) is 11.5 Å². The quantitative estimate of drug-likeness (QED) is 0.623. The van der Waals surface area contributed by atoms with Crippen LogP contribution in [0.1, 0.15) is 60.0 Å². The topological polar surface area (TPSA) is 90.7 Å². The Morgan fingerprint density at radius 3 is 2.55 bits per heavy atom. The number of carbonyl (C=O) groups is 2. The second-order valence-electron chi connectivity index (χ2n) is 8.77. The number of hydrogen-bond acceptors (Lipinski definition) is 5. The van der Waals surface area contributed by atoms with Gasteiger partial charge in [-0.25, -0.2) is 0 Å². The summed E-state index contributed by atoms with van der Waals surface area (Å²) in [5.74, 6) is 1.06. The molecule has 1 aliphatic rings. The van der Waals surface area contributed by atoms with E-state index in [2.05, 4.69) is 26.1 Å². The SMILES string of the molecule is CCC(C)(C)C1CCc2c(sc(NC(=O)Cc3ccc(OC)c(OC)c3)c2C(N)=O)C1. The third-order valence-electron chi connectivity index (χ3n) is 6.59. The summed E-state index contributed by atoms with van der Waals surface area (Å²) in [5.41, 5.74) is 8.24. The molecule has 31 heavy (non-hydrogen) atoms. The molecule has 168 valence electrons. The Kier molecular flexibility index (Phi) is 6.94. The monoisotopic (exact) mass is 444 g/mol. The number of methoxy groups -OCH3 is 2. The molecule has 1 unspecified atom stereocenters. The average molecular weight is 445 g/mol. The third-order valence-corrected chi connectivity index (χ3v) is 7.76. The lowest BCUT2D eigenvalue weighted by molar-refractivity contribution is -0.115. The Bertz CT molecular complexity index is 980. The van der Waals surface area contributed by atoms with E-state index in [1.807, 2.05) is 6.07 Å². The fourth-order valence-corrected chi connectivity index (χ4v) is 5.59. The molecule has 1 aliphatic carbocycles. The zero-order valence-electron chi connectivity index (χ0n) is 19.0. The molecule has 2 aromatic rings. The van der Waals surface area contributed by atoms with E-state index < -0.39 is 5.91 Å². The van der Waals surface area contributed by atoms with Crippen molar-refractivity contribution in [2.45, 2.75) is 52.9 Å². The highest BCUT2D eigenvalue weighted by molar-refractivity contribution is 7.17. The number of thiophene rings is 1. The van der Waals surface area contributed by atoms with Gasteiger partial charge in [0.2, 0.25) is 5.91 Å². The Morgan fingerprint density at radius 2 is 1.94 bits per heavy atom. The smallest absolute Gasteiger partial charge is 0.251 e. The van der Waals surface area contributed by atoms with Gasteiger partial charge in [0.05, 0.1) is 26.2 Å². The number of nitrogens with one attached hydrogen (secondary N) is 1. The Labute approximate surface area is 188 Å². The van der Waals surface area contributed by atoms with E-state index in [1.165, 1.54) is 16.2 Å². The lowest BCUT2D eigenvalue weighted by Crippen LogP contribution is -2.29. The van der Waals surface area contributed by atoms with E-state index in [0.717, 1.165) is 36.8 Å². The van der Waals surface area contributed by atoms with Crippen molar-refractivity contribution in [2.75, 3.05) is 19.5 Å². The third kappa shape index (κ3) is 4.87. The van der Waals surface area contributed by atoms with Crippen LogP contribution < -0.4 is 20.5 Å². The van der Waals surface area contributed by atoms with Crippen LogP contribution in [0.4, 0.5) is 5.00 Å². The highest BCUT2D eigenvalue weighted by Crippen LogP contribution is 2.45. The molecule has 0 aliphatic heterocycles. The standard InChI is InChI=1S/C24H32N2O4S/c1-6-24(2,3)15-8-9-16-19(13-15)31-23(21(16)22(25)28)26-20(27)12-14-7-10-17(29-4)18(11-14)30-5/h7,10-11,15H,6,8-9,12-13H2,1-5H3,(H2,25,28)(H,26,27). The number of nitrogens with two attached hydrogens (primary N) is 1. The number of fused-ring (bicyclic) bond motifs is 1. The first-order valence-corrected chi connectivity index (χ1v) is 11.5. The Balaban J connectivity index is 1.80. The predicted molar refractivity (Wildman–Crippen MR) is 124 cm³/mol. The first kappa shape index (κ1) is 23.1. The highest BCUT2D eigenvalue weighted by Gasteiger charge is 2.35. The van der Waals surface area contributed by atoms with Crippen molar-refractivity contribution in [1.29, 1.82) is 0 Å². The fourth-order valence-electron chi connectivity index (χ4n) is 4.24. The van der Waals surface area contributed by atoms with Crippen LogP contribution in [0, 0.1) is 11.3 Å². The van der Waals surface area contributed by atoms with Crippen LogP contribution in [-0.4, -0.2) is 26.0 Å². The number of ether oxygens (including phenoxy) is 2. The van der Waals surface area contributed by atoms with Crippen molar-refractivity contribution < 1.29 is 19.1 Å². The highest BCUT2D eigenvalue weighted by atomic mass is 32.1. The van der Waals surface area contributed by atoms with Gasteiger partial charge >= 0.3 is 0 Å². The largest absolute Gasteiger partial charge is 0.493 e. The van der Waals surface area contributed by atoms with Crippen LogP contribution in [0.15, 0.2) is 18.2 Å². The summed E-state index contributed by atoms with van der Waals surface area (Å²) in [7, 11) is 3.13. The van der Waals surface area contributed by atoms with Gasteiger partial charge < -0.3 is 20.5 Å². The number of rotatable bonds is 8. The molecule has 2 amide bonds. The maximum atomic E-state index is 12.8. The molecule has 1 aromatic heterocycles. The van der Waals surface area contributed by atoms with Gasteiger partial charge in [-0.2, -0.15) is 0 Å². The van der Waals surface area contributed by atoms with Crippen LogP contribution >= 0.6 is 11.3 Å². The molecule has 1 atom stereocenters. The zero-order valence-corrected chi connectivity index (χ0v) is 19.8. The number of anilines is 1. The molecular weight excluding hydrogens is 412 g/mol. The van der Waals surface area contributed by atoms with Gasteiger partial charge in [-0.05, 0) is 53.9 Å². The normalized spacial score (nSPS) is 15.8. The van der Waals surface area contributed by atoms with E-state index in [4.69, 9.17) is 15.2 Å². The van der Waals surface area contributed by atoms with Gasteiger partial charge in [0, 0.05) is 4.88 Å². The van der Waals surface area contributed by atoms with Gasteiger partial charge in [-0.1, -0.05) is 33.3 Å².